The topological polar surface area (TPSA) is 92.3 Å². The molecule has 1 rings (SSSR count). The Morgan fingerprint density at radius 2 is 0.619 bits per heavy atom. The third-order valence-electron chi connectivity index (χ3n) is 6.02. The molecule has 1 aromatic rings. The van der Waals surface area contributed by atoms with Crippen LogP contribution in [-0.2, 0) is 48.7 Å². The fourth-order valence-corrected chi connectivity index (χ4v) is 3.76. The van der Waals surface area contributed by atoms with Crippen molar-refractivity contribution in [2.24, 2.45) is 0 Å². The minimum Gasteiger partial charge on any atom is -0.491 e. The van der Waals surface area contributed by atoms with Crippen LogP contribution in [0.15, 0.2) is 12.1 Å². The molecule has 0 spiro atoms. The molecule has 0 fully saturated rings. The zero-order chi connectivity index (χ0) is 31.1. The molecule has 1 aromatic carbocycles. The molecule has 0 saturated heterocycles. The van der Waals surface area contributed by atoms with E-state index in [2.05, 4.69) is 53.7 Å². The van der Waals surface area contributed by atoms with Crippen LogP contribution in [0.5, 0.6) is 11.5 Å². The van der Waals surface area contributed by atoms with Gasteiger partial charge < -0.3 is 47.4 Å². The van der Waals surface area contributed by atoms with E-state index in [4.69, 9.17) is 47.4 Å². The standard InChI is InChI=1S/C32H58O10/c1-31(2,3)27-25-30(42-24-22-40-20-18-38-16-14-36-12-10-34-8)28(32(4,5)6)26-29(27)41-23-21-39-19-17-37-15-13-35-11-9-33-7/h25-26H,9-24H2,1-8H3. The van der Waals surface area contributed by atoms with Crippen molar-refractivity contribution in [1.29, 1.82) is 0 Å². The minimum atomic E-state index is -0.134. The van der Waals surface area contributed by atoms with Gasteiger partial charge in [-0.1, -0.05) is 41.5 Å². The third-order valence-corrected chi connectivity index (χ3v) is 6.02. The van der Waals surface area contributed by atoms with Crippen LogP contribution < -0.4 is 9.47 Å². The summed E-state index contributed by atoms with van der Waals surface area (Å²) in [6.07, 6.45) is 0. The van der Waals surface area contributed by atoms with Gasteiger partial charge in [0.1, 0.15) is 24.7 Å². The van der Waals surface area contributed by atoms with Gasteiger partial charge in [-0.15, -0.1) is 0 Å². The quantitative estimate of drug-likeness (QED) is 0.142. The molecule has 0 heterocycles. The maximum absolute atomic E-state index is 6.25. The van der Waals surface area contributed by atoms with Crippen LogP contribution in [0.25, 0.3) is 0 Å². The van der Waals surface area contributed by atoms with Gasteiger partial charge in [0.25, 0.3) is 0 Å². The lowest BCUT2D eigenvalue weighted by Gasteiger charge is -2.29. The Hall–Kier alpha value is -1.50. The van der Waals surface area contributed by atoms with Crippen molar-refractivity contribution in [3.8, 4) is 11.5 Å². The smallest absolute Gasteiger partial charge is 0.123 e. The molecule has 0 unspecified atom stereocenters. The molecule has 0 aromatic heterocycles. The van der Waals surface area contributed by atoms with Crippen LogP contribution in [0.4, 0.5) is 0 Å². The van der Waals surface area contributed by atoms with E-state index in [9.17, 15) is 0 Å². The summed E-state index contributed by atoms with van der Waals surface area (Å²) in [4.78, 5) is 0. The average molecular weight is 603 g/mol. The zero-order valence-corrected chi connectivity index (χ0v) is 27.6. The van der Waals surface area contributed by atoms with Crippen molar-refractivity contribution in [3.63, 3.8) is 0 Å². The minimum absolute atomic E-state index is 0.134. The molecular weight excluding hydrogens is 544 g/mol. The summed E-state index contributed by atoms with van der Waals surface area (Å²) in [6.45, 7) is 21.4. The van der Waals surface area contributed by atoms with Gasteiger partial charge in [-0.05, 0) is 23.0 Å². The fourth-order valence-electron chi connectivity index (χ4n) is 3.76. The average Bonchev–Trinajstić information content (AvgIpc) is 2.93. The monoisotopic (exact) mass is 602 g/mol. The molecule has 246 valence electrons. The number of hydrogen-bond acceptors (Lipinski definition) is 10. The fraction of sp³-hybridized carbons (Fsp3) is 0.812. The van der Waals surface area contributed by atoms with E-state index in [1.165, 1.54) is 0 Å². The summed E-state index contributed by atoms with van der Waals surface area (Å²) in [5.74, 6) is 1.71. The van der Waals surface area contributed by atoms with Gasteiger partial charge in [0.2, 0.25) is 0 Å². The summed E-state index contributed by atoms with van der Waals surface area (Å²) >= 11 is 0. The zero-order valence-electron chi connectivity index (χ0n) is 27.6. The maximum atomic E-state index is 6.25. The number of benzene rings is 1. The van der Waals surface area contributed by atoms with E-state index < -0.39 is 0 Å². The van der Waals surface area contributed by atoms with Crippen molar-refractivity contribution in [1.82, 2.24) is 0 Å². The Kier molecular flexibility index (Phi) is 21.1. The van der Waals surface area contributed by atoms with Crippen LogP contribution in [0, 0.1) is 0 Å². The van der Waals surface area contributed by atoms with Crippen molar-refractivity contribution >= 4 is 0 Å². The Morgan fingerprint density at radius 1 is 0.381 bits per heavy atom. The molecule has 0 aliphatic heterocycles. The SMILES string of the molecule is COCCOCCOCCOCCOc1cc(C(C)(C)C)c(OCCOCCOCCOCCOC)cc1C(C)(C)C. The molecule has 0 bridgehead atoms. The molecule has 10 nitrogen and oxygen atoms in total. The van der Waals surface area contributed by atoms with E-state index >= 15 is 0 Å². The Bertz CT molecular complexity index is 723. The molecule has 0 aliphatic carbocycles. The molecule has 0 N–H and O–H groups in total. The predicted molar refractivity (Wildman–Crippen MR) is 163 cm³/mol. The number of rotatable bonds is 26. The second-order valence-electron chi connectivity index (χ2n) is 11.7. The van der Waals surface area contributed by atoms with Crippen LogP contribution in [-0.4, -0.2) is 120 Å². The van der Waals surface area contributed by atoms with Gasteiger partial charge in [-0.25, -0.2) is 0 Å². The maximum Gasteiger partial charge on any atom is 0.123 e. The van der Waals surface area contributed by atoms with Gasteiger partial charge in [0, 0.05) is 25.3 Å². The molecule has 0 radical (unpaired) electrons. The van der Waals surface area contributed by atoms with Gasteiger partial charge in [-0.2, -0.15) is 0 Å². The Labute approximate surface area is 254 Å². The van der Waals surface area contributed by atoms with Gasteiger partial charge in [0.15, 0.2) is 0 Å². The van der Waals surface area contributed by atoms with Gasteiger partial charge >= 0.3 is 0 Å². The van der Waals surface area contributed by atoms with E-state index in [0.717, 1.165) is 22.6 Å². The Balaban J connectivity index is 2.51. The Morgan fingerprint density at radius 3 is 0.857 bits per heavy atom. The highest BCUT2D eigenvalue weighted by molar-refractivity contribution is 5.51. The van der Waals surface area contributed by atoms with Gasteiger partial charge in [0.05, 0.1) is 92.5 Å². The molecule has 0 amide bonds. The van der Waals surface area contributed by atoms with Gasteiger partial charge in [-0.3, -0.25) is 0 Å². The summed E-state index contributed by atoms with van der Waals surface area (Å²) in [7, 11) is 3.31. The predicted octanol–water partition coefficient (Wildman–Crippen LogP) is 4.43. The van der Waals surface area contributed by atoms with Crippen LogP contribution >= 0.6 is 0 Å². The normalized spacial score (nSPS) is 12.2. The van der Waals surface area contributed by atoms with E-state index in [1.807, 2.05) is 0 Å². The second kappa shape index (κ2) is 23.0. The first-order valence-corrected chi connectivity index (χ1v) is 15.0. The first kappa shape index (κ1) is 38.5. The van der Waals surface area contributed by atoms with Crippen molar-refractivity contribution in [2.45, 2.75) is 52.4 Å². The van der Waals surface area contributed by atoms with E-state index in [-0.39, 0.29) is 10.8 Å². The van der Waals surface area contributed by atoms with Crippen molar-refractivity contribution < 1.29 is 47.4 Å². The molecule has 0 saturated carbocycles. The van der Waals surface area contributed by atoms with E-state index in [1.54, 1.807) is 14.2 Å². The summed E-state index contributed by atoms with van der Waals surface area (Å²) in [5.41, 5.74) is 1.91. The van der Waals surface area contributed by atoms with E-state index in [0.29, 0.717) is 106 Å². The lowest BCUT2D eigenvalue weighted by molar-refractivity contribution is -0.0000621. The van der Waals surface area contributed by atoms with Crippen LogP contribution in [0.2, 0.25) is 0 Å². The van der Waals surface area contributed by atoms with Crippen molar-refractivity contribution in [3.05, 3.63) is 23.3 Å². The molecule has 0 atom stereocenters. The molecular formula is C32H58O10. The second-order valence-corrected chi connectivity index (χ2v) is 11.7. The van der Waals surface area contributed by atoms with Crippen LogP contribution in [0.3, 0.4) is 0 Å². The summed E-state index contributed by atoms with van der Waals surface area (Å²) < 4.78 is 55.6. The molecule has 10 heteroatoms. The third kappa shape index (κ3) is 18.2. The number of hydrogen-bond donors (Lipinski definition) is 0. The lowest BCUT2D eigenvalue weighted by atomic mass is 9.81. The summed E-state index contributed by atoms with van der Waals surface area (Å²) in [6, 6.07) is 4.23. The lowest BCUT2D eigenvalue weighted by Crippen LogP contribution is -2.20. The summed E-state index contributed by atoms with van der Waals surface area (Å²) in [5, 5.41) is 0. The van der Waals surface area contributed by atoms with Crippen molar-refractivity contribution in [2.75, 3.05) is 120 Å². The largest absolute Gasteiger partial charge is 0.491 e. The first-order chi connectivity index (χ1) is 20.1. The highest BCUT2D eigenvalue weighted by Gasteiger charge is 2.27. The molecule has 0 aliphatic rings. The van der Waals surface area contributed by atoms with Crippen LogP contribution in [0.1, 0.15) is 52.7 Å². The number of methoxy groups -OCH3 is 2. The highest BCUT2D eigenvalue weighted by atomic mass is 16.6. The number of ether oxygens (including phenoxy) is 10. The first-order valence-electron chi connectivity index (χ1n) is 15.0. The highest BCUT2D eigenvalue weighted by Crippen LogP contribution is 2.41. The molecule has 42 heavy (non-hydrogen) atoms.